The largest absolute Gasteiger partial charge is 0.411 e. The summed E-state index contributed by atoms with van der Waals surface area (Å²) in [6.45, 7) is 2.59. The van der Waals surface area contributed by atoms with E-state index in [1.54, 1.807) is 6.92 Å². The van der Waals surface area contributed by atoms with Gasteiger partial charge in [-0.15, -0.1) is 0 Å². The zero-order valence-electron chi connectivity index (χ0n) is 8.59. The topological polar surface area (TPSA) is 50.4 Å². The molecule has 1 N–H and O–H groups in total. The Balaban J connectivity index is 2.22. The number of rotatable bonds is 3. The van der Waals surface area contributed by atoms with Gasteiger partial charge >= 0.3 is 0 Å². The van der Waals surface area contributed by atoms with Gasteiger partial charge in [0, 0.05) is 13.0 Å². The minimum atomic E-state index is 0.729. The van der Waals surface area contributed by atoms with Crippen LogP contribution < -0.4 is 0 Å². The summed E-state index contributed by atoms with van der Waals surface area (Å²) in [5.41, 5.74) is 2.84. The van der Waals surface area contributed by atoms with Crippen LogP contribution in [0.25, 0.3) is 11.0 Å². The lowest BCUT2D eigenvalue weighted by Crippen LogP contribution is -2.01. The Hall–Kier alpha value is -1.84. The number of para-hydroxylation sites is 2. The van der Waals surface area contributed by atoms with Crippen LogP contribution >= 0.6 is 0 Å². The number of hydrogen-bond acceptors (Lipinski definition) is 3. The van der Waals surface area contributed by atoms with Crippen LogP contribution in [0.15, 0.2) is 35.7 Å². The van der Waals surface area contributed by atoms with Crippen LogP contribution in [0.1, 0.15) is 13.3 Å². The molecule has 2 aromatic rings. The van der Waals surface area contributed by atoms with Crippen LogP contribution in [0, 0.1) is 0 Å². The van der Waals surface area contributed by atoms with Crippen LogP contribution in [0.5, 0.6) is 0 Å². The molecule has 0 saturated heterocycles. The second-order valence-corrected chi connectivity index (χ2v) is 3.51. The van der Waals surface area contributed by atoms with E-state index in [1.165, 1.54) is 0 Å². The Morgan fingerprint density at radius 3 is 3.07 bits per heavy atom. The van der Waals surface area contributed by atoms with Gasteiger partial charge in [0.25, 0.3) is 0 Å². The van der Waals surface area contributed by atoms with E-state index in [4.69, 9.17) is 5.21 Å². The summed E-state index contributed by atoms with van der Waals surface area (Å²) in [4.78, 5) is 4.28. The maximum atomic E-state index is 8.54. The van der Waals surface area contributed by atoms with Gasteiger partial charge in [-0.05, 0) is 19.1 Å². The summed E-state index contributed by atoms with van der Waals surface area (Å²) in [6, 6.07) is 7.99. The molecule has 0 fully saturated rings. The van der Waals surface area contributed by atoms with Gasteiger partial charge < -0.3 is 9.77 Å². The van der Waals surface area contributed by atoms with Gasteiger partial charge in [-0.1, -0.05) is 17.3 Å². The first-order valence-corrected chi connectivity index (χ1v) is 4.88. The number of imidazole rings is 1. The van der Waals surface area contributed by atoms with Crippen molar-refractivity contribution >= 4 is 16.7 Å². The third-order valence-corrected chi connectivity index (χ3v) is 2.41. The lowest BCUT2D eigenvalue weighted by atomic mass is 10.3. The number of hydrogen-bond donors (Lipinski definition) is 1. The number of aryl methyl sites for hydroxylation is 1. The molecule has 0 aliphatic carbocycles. The molecule has 4 nitrogen and oxygen atoms in total. The van der Waals surface area contributed by atoms with Crippen molar-refractivity contribution in [2.45, 2.75) is 19.9 Å². The normalized spacial score (nSPS) is 12.2. The standard InChI is InChI=1S/C11H13N3O/c1-9(13-15)6-7-14-8-12-10-4-2-3-5-11(10)14/h2-5,8,15H,6-7H2,1H3. The first-order chi connectivity index (χ1) is 7.31. The van der Waals surface area contributed by atoms with E-state index < -0.39 is 0 Å². The maximum absolute atomic E-state index is 8.54. The Kier molecular flexibility index (Phi) is 2.67. The summed E-state index contributed by atoms with van der Waals surface area (Å²) < 4.78 is 2.06. The van der Waals surface area contributed by atoms with Crippen molar-refractivity contribution in [1.82, 2.24) is 9.55 Å². The highest BCUT2D eigenvalue weighted by Crippen LogP contribution is 2.12. The smallest absolute Gasteiger partial charge is 0.0958 e. The fraction of sp³-hybridized carbons (Fsp3) is 0.273. The summed E-state index contributed by atoms with van der Waals surface area (Å²) >= 11 is 0. The summed E-state index contributed by atoms with van der Waals surface area (Å²) in [5.74, 6) is 0. The minimum absolute atomic E-state index is 0.729. The average molecular weight is 203 g/mol. The molecule has 0 aliphatic rings. The monoisotopic (exact) mass is 203 g/mol. The van der Waals surface area contributed by atoms with E-state index in [9.17, 15) is 0 Å². The second-order valence-electron chi connectivity index (χ2n) is 3.51. The molecule has 1 heterocycles. The van der Waals surface area contributed by atoms with E-state index in [-0.39, 0.29) is 0 Å². The van der Waals surface area contributed by atoms with Crippen molar-refractivity contribution in [1.29, 1.82) is 0 Å². The van der Waals surface area contributed by atoms with Gasteiger partial charge in [0.1, 0.15) is 0 Å². The Morgan fingerprint density at radius 1 is 1.47 bits per heavy atom. The number of nitrogens with zero attached hydrogens (tertiary/aromatic N) is 3. The molecule has 0 unspecified atom stereocenters. The van der Waals surface area contributed by atoms with Gasteiger partial charge in [0.2, 0.25) is 0 Å². The molecular formula is C11H13N3O. The zero-order valence-corrected chi connectivity index (χ0v) is 8.59. The molecule has 2 rings (SSSR count). The van der Waals surface area contributed by atoms with E-state index in [0.717, 1.165) is 29.7 Å². The van der Waals surface area contributed by atoms with Crippen LogP contribution in [-0.2, 0) is 6.54 Å². The van der Waals surface area contributed by atoms with E-state index in [1.807, 2.05) is 30.6 Å². The van der Waals surface area contributed by atoms with Gasteiger partial charge in [-0.3, -0.25) is 0 Å². The lowest BCUT2D eigenvalue weighted by Gasteiger charge is -2.02. The molecule has 78 valence electrons. The van der Waals surface area contributed by atoms with E-state index in [2.05, 4.69) is 14.7 Å². The molecule has 0 aliphatic heterocycles. The Morgan fingerprint density at radius 2 is 2.27 bits per heavy atom. The maximum Gasteiger partial charge on any atom is 0.0958 e. The summed E-state index contributed by atoms with van der Waals surface area (Å²) in [6.07, 6.45) is 2.55. The van der Waals surface area contributed by atoms with Crippen molar-refractivity contribution in [3.63, 3.8) is 0 Å². The molecule has 0 amide bonds. The molecule has 0 bridgehead atoms. The van der Waals surface area contributed by atoms with Crippen LogP contribution in [-0.4, -0.2) is 20.5 Å². The zero-order chi connectivity index (χ0) is 10.7. The third kappa shape index (κ3) is 1.98. The van der Waals surface area contributed by atoms with Crippen molar-refractivity contribution in [3.05, 3.63) is 30.6 Å². The van der Waals surface area contributed by atoms with Gasteiger partial charge in [-0.2, -0.15) is 0 Å². The Bertz CT molecular complexity index is 487. The fourth-order valence-corrected chi connectivity index (χ4v) is 1.52. The van der Waals surface area contributed by atoms with Gasteiger partial charge in [0.15, 0.2) is 0 Å². The average Bonchev–Trinajstić information content (AvgIpc) is 2.69. The van der Waals surface area contributed by atoms with Crippen molar-refractivity contribution in [3.8, 4) is 0 Å². The van der Waals surface area contributed by atoms with Crippen molar-refractivity contribution in [2.75, 3.05) is 0 Å². The molecule has 0 saturated carbocycles. The molecule has 0 radical (unpaired) electrons. The predicted octanol–water partition coefficient (Wildman–Crippen LogP) is 2.28. The molecule has 1 aromatic carbocycles. The highest BCUT2D eigenvalue weighted by molar-refractivity contribution is 5.81. The van der Waals surface area contributed by atoms with Crippen molar-refractivity contribution < 1.29 is 5.21 Å². The highest BCUT2D eigenvalue weighted by atomic mass is 16.4. The molecular weight excluding hydrogens is 190 g/mol. The Labute approximate surface area is 87.9 Å². The second kappa shape index (κ2) is 4.13. The molecule has 1 aromatic heterocycles. The van der Waals surface area contributed by atoms with Crippen LogP contribution in [0.4, 0.5) is 0 Å². The third-order valence-electron chi connectivity index (χ3n) is 2.41. The molecule has 15 heavy (non-hydrogen) atoms. The van der Waals surface area contributed by atoms with E-state index >= 15 is 0 Å². The highest BCUT2D eigenvalue weighted by Gasteiger charge is 2.01. The number of aromatic nitrogens is 2. The van der Waals surface area contributed by atoms with Crippen molar-refractivity contribution in [2.24, 2.45) is 5.16 Å². The van der Waals surface area contributed by atoms with Gasteiger partial charge in [0.05, 0.1) is 23.1 Å². The first-order valence-electron chi connectivity index (χ1n) is 4.88. The fourth-order valence-electron chi connectivity index (χ4n) is 1.52. The molecule has 0 spiro atoms. The molecule has 4 heteroatoms. The lowest BCUT2D eigenvalue weighted by molar-refractivity contribution is 0.317. The van der Waals surface area contributed by atoms with E-state index in [0.29, 0.717) is 0 Å². The number of oxime groups is 1. The number of benzene rings is 1. The van der Waals surface area contributed by atoms with Crippen LogP contribution in [0.2, 0.25) is 0 Å². The predicted molar refractivity (Wildman–Crippen MR) is 59.2 cm³/mol. The quantitative estimate of drug-likeness (QED) is 0.472. The van der Waals surface area contributed by atoms with Crippen LogP contribution in [0.3, 0.4) is 0 Å². The number of fused-ring (bicyclic) bond motifs is 1. The van der Waals surface area contributed by atoms with Gasteiger partial charge in [-0.25, -0.2) is 4.98 Å². The SMILES string of the molecule is CC(CCn1cnc2ccccc21)=NO. The summed E-state index contributed by atoms with van der Waals surface area (Å²) in [5, 5.41) is 11.7. The summed E-state index contributed by atoms with van der Waals surface area (Å²) in [7, 11) is 0. The minimum Gasteiger partial charge on any atom is -0.411 e. The molecule has 0 atom stereocenters. The first kappa shape index (κ1) is 9.71.